The SMILES string of the molecule is CCOC(=O)C1(C)C=C2CCC(=CC1)N=C(NC(=O)c1csc(-c3ccc4c(c3)CCO4)n1)N2. The van der Waals surface area contributed by atoms with E-state index >= 15 is 0 Å². The van der Waals surface area contributed by atoms with Crippen LogP contribution in [0.1, 0.15) is 49.2 Å². The lowest BCUT2D eigenvalue weighted by atomic mass is 9.83. The number of allylic oxidation sites excluding steroid dienone is 3. The van der Waals surface area contributed by atoms with E-state index in [-0.39, 0.29) is 11.9 Å². The average molecular weight is 479 g/mol. The molecule has 1 amide bonds. The summed E-state index contributed by atoms with van der Waals surface area (Å²) in [4.78, 5) is 34.7. The maximum Gasteiger partial charge on any atom is 0.316 e. The number of carbonyl (C=O) groups is 2. The molecule has 1 aromatic heterocycles. The van der Waals surface area contributed by atoms with E-state index in [9.17, 15) is 9.59 Å². The van der Waals surface area contributed by atoms with Crippen molar-refractivity contribution >= 4 is 29.2 Å². The van der Waals surface area contributed by atoms with Crippen LogP contribution in [0.25, 0.3) is 10.6 Å². The summed E-state index contributed by atoms with van der Waals surface area (Å²) in [6.07, 6.45) is 6.62. The van der Waals surface area contributed by atoms with Crippen molar-refractivity contribution in [3.8, 4) is 16.3 Å². The highest BCUT2D eigenvalue weighted by atomic mass is 32.1. The summed E-state index contributed by atoms with van der Waals surface area (Å²) < 4.78 is 10.8. The van der Waals surface area contributed by atoms with Gasteiger partial charge in [0, 0.05) is 28.8 Å². The lowest BCUT2D eigenvalue weighted by Gasteiger charge is -2.25. The molecule has 0 saturated heterocycles. The van der Waals surface area contributed by atoms with Gasteiger partial charge in [0.15, 0.2) is 0 Å². The third kappa shape index (κ3) is 4.48. The number of aromatic nitrogens is 1. The molecule has 2 bridgehead atoms. The summed E-state index contributed by atoms with van der Waals surface area (Å²) in [6, 6.07) is 5.99. The molecule has 0 saturated carbocycles. The van der Waals surface area contributed by atoms with Gasteiger partial charge in [-0.05, 0) is 62.9 Å². The number of carbonyl (C=O) groups excluding carboxylic acids is 2. The summed E-state index contributed by atoms with van der Waals surface area (Å²) in [5.74, 6) is 0.635. The number of thiazole rings is 1. The number of guanidine groups is 1. The molecule has 5 rings (SSSR count). The molecule has 2 aliphatic heterocycles. The van der Waals surface area contributed by atoms with Gasteiger partial charge in [-0.25, -0.2) is 9.98 Å². The minimum atomic E-state index is -0.788. The van der Waals surface area contributed by atoms with Gasteiger partial charge in [0.1, 0.15) is 16.5 Å². The highest BCUT2D eigenvalue weighted by molar-refractivity contribution is 7.13. The van der Waals surface area contributed by atoms with Crippen molar-refractivity contribution in [3.63, 3.8) is 0 Å². The summed E-state index contributed by atoms with van der Waals surface area (Å²) in [5.41, 5.74) is 3.32. The molecular formula is C25H26N4O4S. The number of nitrogens with one attached hydrogen (secondary N) is 2. The van der Waals surface area contributed by atoms with Gasteiger partial charge in [0.2, 0.25) is 5.96 Å². The van der Waals surface area contributed by atoms with E-state index in [0.29, 0.717) is 37.7 Å². The van der Waals surface area contributed by atoms with Crippen LogP contribution >= 0.6 is 11.3 Å². The lowest BCUT2D eigenvalue weighted by Crippen LogP contribution is -2.40. The third-order valence-electron chi connectivity index (χ3n) is 6.09. The second-order valence-corrected chi connectivity index (χ2v) is 9.56. The minimum absolute atomic E-state index is 0.271. The summed E-state index contributed by atoms with van der Waals surface area (Å²) in [6.45, 7) is 4.68. The fraction of sp³-hybridized carbons (Fsp3) is 0.360. The first-order chi connectivity index (χ1) is 16.4. The molecule has 34 heavy (non-hydrogen) atoms. The van der Waals surface area contributed by atoms with Crippen LogP contribution in [0.2, 0.25) is 0 Å². The Labute approximate surface area is 201 Å². The first kappa shape index (κ1) is 22.3. The maximum atomic E-state index is 13.0. The number of fused-ring (bicyclic) bond motifs is 4. The van der Waals surface area contributed by atoms with E-state index in [4.69, 9.17) is 9.47 Å². The number of amides is 1. The van der Waals surface area contributed by atoms with Crippen molar-refractivity contribution in [3.05, 3.63) is 58.4 Å². The molecule has 2 N–H and O–H groups in total. The van der Waals surface area contributed by atoms with E-state index in [1.54, 1.807) is 12.3 Å². The molecule has 1 atom stereocenters. The molecule has 1 aromatic carbocycles. The average Bonchev–Trinajstić information content (AvgIpc) is 3.46. The highest BCUT2D eigenvalue weighted by Crippen LogP contribution is 2.34. The summed E-state index contributed by atoms with van der Waals surface area (Å²) in [5, 5.41) is 8.57. The van der Waals surface area contributed by atoms with Gasteiger partial charge < -0.3 is 14.8 Å². The molecule has 1 aliphatic carbocycles. The topological polar surface area (TPSA) is 102 Å². The zero-order chi connectivity index (χ0) is 23.7. The minimum Gasteiger partial charge on any atom is -0.493 e. The fourth-order valence-corrected chi connectivity index (χ4v) is 5.03. The largest absolute Gasteiger partial charge is 0.493 e. The molecule has 1 unspecified atom stereocenters. The van der Waals surface area contributed by atoms with Crippen LogP contribution in [0.4, 0.5) is 0 Å². The summed E-state index contributed by atoms with van der Waals surface area (Å²) >= 11 is 1.42. The normalized spacial score (nSPS) is 20.9. The second kappa shape index (κ2) is 9.06. The van der Waals surface area contributed by atoms with E-state index in [0.717, 1.165) is 46.1 Å². The number of benzene rings is 1. The standard InChI is InChI=1S/C25H26N4O4S/c1-3-32-23(31)25(2)10-8-17-5-6-18(13-25)27-24(26-17)29-21(30)19-14-34-22(28-19)16-4-7-20-15(12-16)9-11-33-20/h4,7-8,12-14H,3,5-6,9-11H2,1-2H3,(H2,26,27,29,30). The Kier molecular flexibility index (Phi) is 5.95. The Bertz CT molecular complexity index is 1250. The number of ether oxygens (including phenoxy) is 2. The van der Waals surface area contributed by atoms with Crippen molar-refractivity contribution in [2.24, 2.45) is 10.4 Å². The lowest BCUT2D eigenvalue weighted by molar-refractivity contribution is -0.151. The van der Waals surface area contributed by atoms with Crippen LogP contribution in [0, 0.1) is 5.41 Å². The van der Waals surface area contributed by atoms with Crippen molar-refractivity contribution in [2.75, 3.05) is 13.2 Å². The molecule has 9 heteroatoms. The van der Waals surface area contributed by atoms with Gasteiger partial charge in [-0.2, -0.15) is 0 Å². The van der Waals surface area contributed by atoms with Gasteiger partial charge in [0.05, 0.1) is 18.6 Å². The smallest absolute Gasteiger partial charge is 0.316 e. The zero-order valence-electron chi connectivity index (χ0n) is 19.1. The van der Waals surface area contributed by atoms with Crippen molar-refractivity contribution in [1.29, 1.82) is 0 Å². The quantitative estimate of drug-likeness (QED) is 0.645. The number of hydrogen-bond acceptors (Lipinski definition) is 8. The van der Waals surface area contributed by atoms with Crippen molar-refractivity contribution in [1.82, 2.24) is 15.6 Å². The zero-order valence-corrected chi connectivity index (χ0v) is 20.0. The van der Waals surface area contributed by atoms with Gasteiger partial charge in [0.25, 0.3) is 5.91 Å². The first-order valence-corrected chi connectivity index (χ1v) is 12.3. The Morgan fingerprint density at radius 1 is 1.29 bits per heavy atom. The molecule has 0 radical (unpaired) electrons. The highest BCUT2D eigenvalue weighted by Gasteiger charge is 2.34. The van der Waals surface area contributed by atoms with E-state index < -0.39 is 5.41 Å². The van der Waals surface area contributed by atoms with Gasteiger partial charge in [-0.1, -0.05) is 6.08 Å². The molecule has 3 aliphatic rings. The maximum absolute atomic E-state index is 13.0. The third-order valence-corrected chi connectivity index (χ3v) is 6.98. The molecule has 0 fully saturated rings. The second-order valence-electron chi connectivity index (χ2n) is 8.71. The van der Waals surface area contributed by atoms with E-state index in [1.807, 2.05) is 31.2 Å². The predicted octanol–water partition coefficient (Wildman–Crippen LogP) is 3.96. The predicted molar refractivity (Wildman–Crippen MR) is 130 cm³/mol. The molecule has 0 spiro atoms. The number of aliphatic imine (C=N–C) groups is 1. The Hall–Kier alpha value is -3.46. The number of esters is 1. The summed E-state index contributed by atoms with van der Waals surface area (Å²) in [7, 11) is 0. The van der Waals surface area contributed by atoms with Crippen LogP contribution in [0.15, 0.2) is 52.1 Å². The monoisotopic (exact) mass is 478 g/mol. The molecule has 3 heterocycles. The molecule has 2 aromatic rings. The molecule has 8 nitrogen and oxygen atoms in total. The van der Waals surface area contributed by atoms with Crippen LogP contribution in [-0.2, 0) is 16.0 Å². The van der Waals surface area contributed by atoms with E-state index in [2.05, 4.69) is 26.7 Å². The van der Waals surface area contributed by atoms with Crippen molar-refractivity contribution in [2.45, 2.75) is 39.5 Å². The van der Waals surface area contributed by atoms with Crippen LogP contribution < -0.4 is 15.4 Å². The Morgan fingerprint density at radius 3 is 3.03 bits per heavy atom. The Balaban J connectivity index is 1.33. The number of rotatable bonds is 4. The Morgan fingerprint density at radius 2 is 2.18 bits per heavy atom. The van der Waals surface area contributed by atoms with Crippen LogP contribution in [0.5, 0.6) is 5.75 Å². The van der Waals surface area contributed by atoms with Gasteiger partial charge >= 0.3 is 5.97 Å². The number of nitrogens with zero attached hydrogens (tertiary/aromatic N) is 2. The van der Waals surface area contributed by atoms with Crippen LogP contribution in [-0.4, -0.2) is 36.0 Å². The van der Waals surface area contributed by atoms with Crippen molar-refractivity contribution < 1.29 is 19.1 Å². The van der Waals surface area contributed by atoms with Gasteiger partial charge in [-0.3, -0.25) is 14.9 Å². The molecular weight excluding hydrogens is 452 g/mol. The van der Waals surface area contributed by atoms with E-state index in [1.165, 1.54) is 11.3 Å². The fourth-order valence-electron chi connectivity index (χ4n) is 4.23. The first-order valence-electron chi connectivity index (χ1n) is 11.4. The van der Waals surface area contributed by atoms with Crippen LogP contribution in [0.3, 0.4) is 0 Å². The van der Waals surface area contributed by atoms with Gasteiger partial charge in [-0.15, -0.1) is 11.3 Å². The molecule has 176 valence electrons. The number of hydrogen-bond donors (Lipinski definition) is 2.